The highest BCUT2D eigenvalue weighted by Gasteiger charge is 2.16. The maximum Gasteiger partial charge on any atom is 0.132 e. The van der Waals surface area contributed by atoms with Crippen molar-refractivity contribution in [3.05, 3.63) is 46.6 Å². The Morgan fingerprint density at radius 1 is 1.45 bits per heavy atom. The first-order chi connectivity index (χ1) is 9.52. The van der Waals surface area contributed by atoms with E-state index >= 15 is 0 Å². The van der Waals surface area contributed by atoms with Gasteiger partial charge in [-0.3, -0.25) is 4.90 Å². The molecule has 108 valence electrons. The van der Waals surface area contributed by atoms with Crippen molar-refractivity contribution in [3.8, 4) is 0 Å². The molecule has 0 saturated heterocycles. The van der Waals surface area contributed by atoms with Gasteiger partial charge in [-0.2, -0.15) is 0 Å². The average molecular weight is 292 g/mol. The molecule has 0 saturated carbocycles. The quantitative estimate of drug-likeness (QED) is 0.815. The van der Waals surface area contributed by atoms with Crippen LogP contribution in [0.3, 0.4) is 0 Å². The lowest BCUT2D eigenvalue weighted by molar-refractivity contribution is 0.356. The second-order valence-electron chi connectivity index (χ2n) is 5.28. The van der Waals surface area contributed by atoms with Crippen molar-refractivity contribution in [2.45, 2.75) is 20.0 Å². The molecule has 0 spiro atoms. The topological polar surface area (TPSA) is 15.3 Å². The van der Waals surface area contributed by atoms with E-state index in [2.05, 4.69) is 16.8 Å². The molecule has 0 aliphatic carbocycles. The van der Waals surface area contributed by atoms with Crippen LogP contribution in [-0.4, -0.2) is 25.5 Å². The van der Waals surface area contributed by atoms with Gasteiger partial charge in [-0.15, -0.1) is 11.3 Å². The third kappa shape index (κ3) is 3.26. The zero-order chi connectivity index (χ0) is 14.7. The molecule has 2 aromatic rings. The van der Waals surface area contributed by atoms with E-state index in [1.54, 1.807) is 23.5 Å². The molecule has 1 aromatic heterocycles. The zero-order valence-electron chi connectivity index (χ0n) is 12.3. The SMILES string of the molecule is C=C(C)CN(C)Cc1c(CNC)sc2cccc(F)c12. The molecule has 1 heterocycles. The third-order valence-corrected chi connectivity index (χ3v) is 4.35. The maximum absolute atomic E-state index is 14.2. The van der Waals surface area contributed by atoms with Gasteiger partial charge in [0, 0.05) is 34.6 Å². The van der Waals surface area contributed by atoms with E-state index in [9.17, 15) is 4.39 Å². The molecule has 2 nitrogen and oxygen atoms in total. The highest BCUT2D eigenvalue weighted by molar-refractivity contribution is 7.19. The monoisotopic (exact) mass is 292 g/mol. The normalized spacial score (nSPS) is 11.4. The summed E-state index contributed by atoms with van der Waals surface area (Å²) >= 11 is 1.67. The Morgan fingerprint density at radius 2 is 2.20 bits per heavy atom. The fourth-order valence-corrected chi connectivity index (χ4v) is 3.71. The molecule has 0 bridgehead atoms. The molecule has 4 heteroatoms. The van der Waals surface area contributed by atoms with Crippen LogP contribution in [0.5, 0.6) is 0 Å². The molecule has 0 aliphatic rings. The molecule has 2 rings (SSSR count). The standard InChI is InChI=1S/C16H21FN2S/c1-11(2)9-19(4)10-12-15(8-18-3)20-14-7-5-6-13(17)16(12)14/h5-7,18H,1,8-10H2,2-4H3. The summed E-state index contributed by atoms with van der Waals surface area (Å²) < 4.78 is 15.2. The van der Waals surface area contributed by atoms with Crippen molar-refractivity contribution >= 4 is 21.4 Å². The lowest BCUT2D eigenvalue weighted by Crippen LogP contribution is -2.20. The minimum absolute atomic E-state index is 0.125. The smallest absolute Gasteiger partial charge is 0.132 e. The molecule has 0 unspecified atom stereocenters. The minimum Gasteiger partial charge on any atom is -0.315 e. The second-order valence-corrected chi connectivity index (χ2v) is 6.41. The van der Waals surface area contributed by atoms with Crippen molar-refractivity contribution < 1.29 is 4.39 Å². The van der Waals surface area contributed by atoms with Gasteiger partial charge in [0.15, 0.2) is 0 Å². The number of nitrogens with zero attached hydrogens (tertiary/aromatic N) is 1. The van der Waals surface area contributed by atoms with E-state index in [0.717, 1.165) is 40.9 Å². The molecule has 1 N–H and O–H groups in total. The molecule has 0 aliphatic heterocycles. The summed E-state index contributed by atoms with van der Waals surface area (Å²) in [7, 11) is 3.96. The predicted molar refractivity (Wildman–Crippen MR) is 85.7 cm³/mol. The Morgan fingerprint density at radius 3 is 2.85 bits per heavy atom. The summed E-state index contributed by atoms with van der Waals surface area (Å²) in [6, 6.07) is 5.31. The van der Waals surface area contributed by atoms with E-state index in [1.807, 2.05) is 27.1 Å². The molecule has 0 atom stereocenters. The molecule has 20 heavy (non-hydrogen) atoms. The van der Waals surface area contributed by atoms with Crippen LogP contribution in [0.1, 0.15) is 17.4 Å². The predicted octanol–water partition coefficient (Wildman–Crippen LogP) is 3.77. The van der Waals surface area contributed by atoms with Gasteiger partial charge in [0.05, 0.1) is 0 Å². The molecular formula is C16H21FN2S. The number of benzene rings is 1. The van der Waals surface area contributed by atoms with E-state index in [-0.39, 0.29) is 5.82 Å². The van der Waals surface area contributed by atoms with Gasteiger partial charge in [0.25, 0.3) is 0 Å². The van der Waals surface area contributed by atoms with Crippen LogP contribution < -0.4 is 5.32 Å². The fourth-order valence-electron chi connectivity index (χ4n) is 2.47. The first-order valence-corrected chi connectivity index (χ1v) is 7.51. The molecule has 0 fully saturated rings. The van der Waals surface area contributed by atoms with E-state index in [4.69, 9.17) is 0 Å². The van der Waals surface area contributed by atoms with Crippen LogP contribution in [0.2, 0.25) is 0 Å². The van der Waals surface area contributed by atoms with E-state index in [1.165, 1.54) is 4.88 Å². The summed E-state index contributed by atoms with van der Waals surface area (Å²) in [6.45, 7) is 8.29. The van der Waals surface area contributed by atoms with Crippen molar-refractivity contribution in [1.82, 2.24) is 10.2 Å². The number of rotatable bonds is 6. The van der Waals surface area contributed by atoms with Gasteiger partial charge in [-0.25, -0.2) is 4.39 Å². The van der Waals surface area contributed by atoms with Gasteiger partial charge < -0.3 is 5.32 Å². The Kier molecular flexibility index (Phi) is 4.91. The van der Waals surface area contributed by atoms with Crippen LogP contribution in [0, 0.1) is 5.82 Å². The van der Waals surface area contributed by atoms with Crippen LogP contribution >= 0.6 is 11.3 Å². The van der Waals surface area contributed by atoms with Crippen LogP contribution in [0.15, 0.2) is 30.4 Å². The van der Waals surface area contributed by atoms with E-state index < -0.39 is 0 Å². The number of fused-ring (bicyclic) bond motifs is 1. The average Bonchev–Trinajstić information content (AvgIpc) is 2.68. The van der Waals surface area contributed by atoms with Gasteiger partial charge in [-0.1, -0.05) is 18.2 Å². The molecular weight excluding hydrogens is 271 g/mol. The lowest BCUT2D eigenvalue weighted by atomic mass is 10.1. The van der Waals surface area contributed by atoms with Crippen molar-refractivity contribution in [1.29, 1.82) is 0 Å². The van der Waals surface area contributed by atoms with Crippen LogP contribution in [0.4, 0.5) is 4.39 Å². The van der Waals surface area contributed by atoms with Crippen molar-refractivity contribution in [3.63, 3.8) is 0 Å². The second kappa shape index (κ2) is 6.48. The highest BCUT2D eigenvalue weighted by atomic mass is 32.1. The maximum atomic E-state index is 14.2. The summed E-state index contributed by atoms with van der Waals surface area (Å²) in [6.07, 6.45) is 0. The number of hydrogen-bond donors (Lipinski definition) is 1. The fraction of sp³-hybridized carbons (Fsp3) is 0.375. The summed E-state index contributed by atoms with van der Waals surface area (Å²) in [5.74, 6) is -0.125. The summed E-state index contributed by atoms with van der Waals surface area (Å²) in [5, 5.41) is 3.95. The Labute approximate surface area is 123 Å². The van der Waals surface area contributed by atoms with Crippen LogP contribution in [-0.2, 0) is 13.1 Å². The van der Waals surface area contributed by atoms with Crippen LogP contribution in [0.25, 0.3) is 10.1 Å². The Hall–Kier alpha value is -1.23. The zero-order valence-corrected chi connectivity index (χ0v) is 13.1. The van der Waals surface area contributed by atoms with Crippen molar-refractivity contribution in [2.75, 3.05) is 20.6 Å². The molecule has 0 radical (unpaired) electrons. The number of nitrogens with one attached hydrogen (secondary N) is 1. The first-order valence-electron chi connectivity index (χ1n) is 6.69. The summed E-state index contributed by atoms with van der Waals surface area (Å²) in [4.78, 5) is 3.39. The molecule has 1 aromatic carbocycles. The third-order valence-electron chi connectivity index (χ3n) is 3.15. The van der Waals surface area contributed by atoms with Gasteiger partial charge in [0.1, 0.15) is 5.82 Å². The number of hydrogen-bond acceptors (Lipinski definition) is 3. The van der Waals surface area contributed by atoms with Gasteiger partial charge >= 0.3 is 0 Å². The Bertz CT molecular complexity index is 618. The Balaban J connectivity index is 2.42. The highest BCUT2D eigenvalue weighted by Crippen LogP contribution is 2.34. The largest absolute Gasteiger partial charge is 0.315 e. The van der Waals surface area contributed by atoms with Gasteiger partial charge in [0.2, 0.25) is 0 Å². The summed E-state index contributed by atoms with van der Waals surface area (Å²) in [5.41, 5.74) is 2.21. The number of likely N-dealkylation sites (N-methyl/N-ethyl adjacent to an activating group) is 1. The van der Waals surface area contributed by atoms with Gasteiger partial charge in [-0.05, 0) is 38.7 Å². The first kappa shape index (κ1) is 15.2. The lowest BCUT2D eigenvalue weighted by Gasteiger charge is -2.17. The van der Waals surface area contributed by atoms with E-state index in [0.29, 0.717) is 0 Å². The number of halogens is 1. The van der Waals surface area contributed by atoms with Crippen molar-refractivity contribution in [2.24, 2.45) is 0 Å². The molecule has 0 amide bonds. The minimum atomic E-state index is -0.125. The number of thiophene rings is 1.